The van der Waals surface area contributed by atoms with E-state index in [1.807, 2.05) is 32.4 Å². The third kappa shape index (κ3) is 5.37. The summed E-state index contributed by atoms with van der Waals surface area (Å²) in [6, 6.07) is 2.01. The highest BCUT2D eigenvalue weighted by atomic mass is 32.2. The number of thiophene rings is 1. The standard InChI is InChI=1S/C13H24N2O2S3/c1-5-11(9-18-4)15-20(16,17)13-6-7-19-12(13)8-14-10(2)3/h6-7,10-11,14-15H,5,8-9H2,1-4H3. The molecular weight excluding hydrogens is 312 g/mol. The Morgan fingerprint density at radius 2 is 2.10 bits per heavy atom. The van der Waals surface area contributed by atoms with Crippen molar-refractivity contribution in [2.45, 2.75) is 50.7 Å². The van der Waals surface area contributed by atoms with Crippen molar-refractivity contribution >= 4 is 33.1 Å². The average Bonchev–Trinajstić information content (AvgIpc) is 2.84. The molecule has 2 N–H and O–H groups in total. The molecule has 4 nitrogen and oxygen atoms in total. The Morgan fingerprint density at radius 3 is 2.65 bits per heavy atom. The maximum absolute atomic E-state index is 12.5. The van der Waals surface area contributed by atoms with Crippen molar-refractivity contribution in [2.24, 2.45) is 0 Å². The molecule has 0 fully saturated rings. The number of hydrogen-bond donors (Lipinski definition) is 2. The minimum atomic E-state index is -3.42. The van der Waals surface area contributed by atoms with Gasteiger partial charge in [-0.1, -0.05) is 20.8 Å². The molecule has 1 unspecified atom stereocenters. The first kappa shape index (κ1) is 18.0. The summed E-state index contributed by atoms with van der Waals surface area (Å²) in [6.45, 7) is 6.68. The van der Waals surface area contributed by atoms with E-state index >= 15 is 0 Å². The van der Waals surface area contributed by atoms with Crippen LogP contribution in [0.3, 0.4) is 0 Å². The van der Waals surface area contributed by atoms with Crippen LogP contribution in [0.1, 0.15) is 32.1 Å². The normalized spacial score (nSPS) is 13.8. The molecule has 1 heterocycles. The fourth-order valence-corrected chi connectivity index (χ4v) is 5.25. The lowest BCUT2D eigenvalue weighted by molar-refractivity contribution is 0.553. The topological polar surface area (TPSA) is 58.2 Å². The maximum Gasteiger partial charge on any atom is 0.242 e. The average molecular weight is 337 g/mol. The van der Waals surface area contributed by atoms with E-state index in [0.29, 0.717) is 17.5 Å². The van der Waals surface area contributed by atoms with Crippen molar-refractivity contribution in [3.63, 3.8) is 0 Å². The highest BCUT2D eigenvalue weighted by Gasteiger charge is 2.22. The molecule has 1 atom stereocenters. The second-order valence-electron chi connectivity index (χ2n) is 4.93. The summed E-state index contributed by atoms with van der Waals surface area (Å²) in [5.74, 6) is 0.791. The van der Waals surface area contributed by atoms with E-state index in [2.05, 4.69) is 10.0 Å². The van der Waals surface area contributed by atoms with Crippen molar-refractivity contribution in [3.05, 3.63) is 16.3 Å². The van der Waals surface area contributed by atoms with Gasteiger partial charge >= 0.3 is 0 Å². The van der Waals surface area contributed by atoms with Crippen LogP contribution in [0.15, 0.2) is 16.3 Å². The summed E-state index contributed by atoms with van der Waals surface area (Å²) in [5, 5.41) is 5.10. The Labute approximate surface area is 130 Å². The monoisotopic (exact) mass is 336 g/mol. The van der Waals surface area contributed by atoms with Gasteiger partial charge in [0, 0.05) is 29.3 Å². The maximum atomic E-state index is 12.5. The molecule has 0 bridgehead atoms. The van der Waals surface area contributed by atoms with Gasteiger partial charge in [0.25, 0.3) is 0 Å². The summed E-state index contributed by atoms with van der Waals surface area (Å²) in [5.41, 5.74) is 0. The van der Waals surface area contributed by atoms with E-state index in [9.17, 15) is 8.42 Å². The molecule has 0 aliphatic rings. The van der Waals surface area contributed by atoms with E-state index < -0.39 is 10.0 Å². The van der Waals surface area contributed by atoms with Crippen LogP contribution < -0.4 is 10.0 Å². The molecule has 116 valence electrons. The first-order valence-electron chi connectivity index (χ1n) is 6.71. The van der Waals surface area contributed by atoms with Crippen molar-refractivity contribution in [3.8, 4) is 0 Å². The molecule has 0 saturated carbocycles. The lowest BCUT2D eigenvalue weighted by Crippen LogP contribution is -2.36. The van der Waals surface area contributed by atoms with Gasteiger partial charge in [0.15, 0.2) is 0 Å². The quantitative estimate of drug-likeness (QED) is 0.728. The minimum Gasteiger partial charge on any atom is -0.310 e. The number of sulfonamides is 1. The Bertz CT molecular complexity index is 497. The lowest BCUT2D eigenvalue weighted by atomic mass is 10.3. The number of hydrogen-bond acceptors (Lipinski definition) is 5. The molecule has 0 aliphatic heterocycles. The largest absolute Gasteiger partial charge is 0.310 e. The molecule has 20 heavy (non-hydrogen) atoms. The van der Waals surface area contributed by atoms with E-state index in [4.69, 9.17) is 0 Å². The molecule has 0 aliphatic carbocycles. The third-order valence-corrected chi connectivity index (χ3v) is 6.24. The number of rotatable bonds is 9. The second kappa shape index (κ2) is 8.38. The first-order valence-corrected chi connectivity index (χ1v) is 10.5. The van der Waals surface area contributed by atoms with Gasteiger partial charge in [0.1, 0.15) is 0 Å². The SMILES string of the molecule is CCC(CSC)NS(=O)(=O)c1ccsc1CNC(C)C. The van der Waals surface area contributed by atoms with Crippen LogP contribution >= 0.6 is 23.1 Å². The summed E-state index contributed by atoms with van der Waals surface area (Å²) >= 11 is 3.13. The van der Waals surface area contributed by atoms with E-state index in [1.54, 1.807) is 17.8 Å². The van der Waals surface area contributed by atoms with Crippen LogP contribution in [0.2, 0.25) is 0 Å². The zero-order chi connectivity index (χ0) is 15.2. The molecule has 0 spiro atoms. The third-order valence-electron chi connectivity index (χ3n) is 2.85. The van der Waals surface area contributed by atoms with Crippen molar-refractivity contribution < 1.29 is 8.42 Å². The highest BCUT2D eigenvalue weighted by molar-refractivity contribution is 7.98. The molecule has 7 heteroatoms. The van der Waals surface area contributed by atoms with Crippen LogP contribution in [-0.4, -0.2) is 32.5 Å². The Morgan fingerprint density at radius 1 is 1.40 bits per heavy atom. The summed E-state index contributed by atoms with van der Waals surface area (Å²) in [7, 11) is -3.42. The van der Waals surface area contributed by atoms with Crippen molar-refractivity contribution in [1.29, 1.82) is 0 Å². The number of thioether (sulfide) groups is 1. The van der Waals surface area contributed by atoms with E-state index in [-0.39, 0.29) is 6.04 Å². The fraction of sp³-hybridized carbons (Fsp3) is 0.692. The minimum absolute atomic E-state index is 0.0131. The summed E-state index contributed by atoms with van der Waals surface area (Å²) in [4.78, 5) is 1.28. The molecule has 1 aromatic rings. The zero-order valence-corrected chi connectivity index (χ0v) is 14.9. The van der Waals surface area contributed by atoms with Gasteiger partial charge in [0.05, 0.1) is 4.90 Å². The van der Waals surface area contributed by atoms with Crippen LogP contribution in [0, 0.1) is 0 Å². The van der Waals surface area contributed by atoms with Gasteiger partial charge in [-0.25, -0.2) is 13.1 Å². The summed E-state index contributed by atoms with van der Waals surface area (Å²) < 4.78 is 27.7. The predicted molar refractivity (Wildman–Crippen MR) is 89.1 cm³/mol. The molecule has 0 aromatic carbocycles. The van der Waals surface area contributed by atoms with Crippen molar-refractivity contribution in [1.82, 2.24) is 10.0 Å². The van der Waals surface area contributed by atoms with Gasteiger partial charge in [-0.15, -0.1) is 11.3 Å². The number of nitrogens with one attached hydrogen (secondary N) is 2. The van der Waals surface area contributed by atoms with Gasteiger partial charge in [0.2, 0.25) is 10.0 Å². The molecular formula is C13H24N2O2S3. The molecule has 1 rings (SSSR count). The Kier molecular flexibility index (Phi) is 7.53. The van der Waals surface area contributed by atoms with Gasteiger partial charge in [-0.05, 0) is 24.1 Å². The second-order valence-corrected chi connectivity index (χ2v) is 8.52. The molecule has 0 amide bonds. The van der Waals surface area contributed by atoms with Gasteiger partial charge < -0.3 is 5.32 Å². The molecule has 0 radical (unpaired) electrons. The zero-order valence-electron chi connectivity index (χ0n) is 12.5. The van der Waals surface area contributed by atoms with Gasteiger partial charge in [-0.2, -0.15) is 11.8 Å². The van der Waals surface area contributed by atoms with Gasteiger partial charge in [-0.3, -0.25) is 0 Å². The van der Waals surface area contributed by atoms with Crippen LogP contribution in [0.25, 0.3) is 0 Å². The van der Waals surface area contributed by atoms with Crippen LogP contribution in [0.4, 0.5) is 0 Å². The van der Waals surface area contributed by atoms with Crippen molar-refractivity contribution in [2.75, 3.05) is 12.0 Å². The first-order chi connectivity index (χ1) is 9.40. The van der Waals surface area contributed by atoms with Crippen LogP contribution in [0.5, 0.6) is 0 Å². The Balaban J connectivity index is 2.84. The predicted octanol–water partition coefficient (Wildman–Crippen LogP) is 2.67. The molecule has 0 saturated heterocycles. The smallest absolute Gasteiger partial charge is 0.242 e. The highest BCUT2D eigenvalue weighted by Crippen LogP contribution is 2.22. The Hall–Kier alpha value is -0.0800. The lowest BCUT2D eigenvalue weighted by Gasteiger charge is -2.16. The summed E-state index contributed by atoms with van der Waals surface area (Å²) in [6.07, 6.45) is 2.78. The van der Waals surface area contributed by atoms with E-state index in [0.717, 1.165) is 17.1 Å². The fourth-order valence-electron chi connectivity index (χ4n) is 1.71. The molecule has 1 aromatic heterocycles. The van der Waals surface area contributed by atoms with Crippen LogP contribution in [-0.2, 0) is 16.6 Å². The van der Waals surface area contributed by atoms with E-state index in [1.165, 1.54) is 11.3 Å².